The highest BCUT2D eigenvalue weighted by molar-refractivity contribution is 7.88. The van der Waals surface area contributed by atoms with Gasteiger partial charge < -0.3 is 0 Å². The number of aromatic nitrogens is 1. The standard InChI is InChI=1S/C12H19N5O3S/c1-21(19,20)17-6-4-16(5-7-17)9-11-3-2-10(8-14-11)12(18)15-13/h2-3,8H,4-7,9,13H2,1H3,(H,15,18). The number of nitrogens with zero attached hydrogens (tertiary/aromatic N) is 3. The van der Waals surface area contributed by atoms with Gasteiger partial charge in [-0.3, -0.25) is 20.1 Å². The third-order valence-corrected chi connectivity index (χ3v) is 4.71. The first-order valence-corrected chi connectivity index (χ1v) is 8.38. The van der Waals surface area contributed by atoms with Crippen LogP contribution in [0.2, 0.25) is 0 Å². The van der Waals surface area contributed by atoms with Gasteiger partial charge in [0, 0.05) is 38.9 Å². The molecule has 0 radical (unpaired) electrons. The van der Waals surface area contributed by atoms with Gasteiger partial charge in [-0.25, -0.2) is 14.3 Å². The minimum absolute atomic E-state index is 0.379. The molecule has 1 aliphatic heterocycles. The summed E-state index contributed by atoms with van der Waals surface area (Å²) in [5.41, 5.74) is 3.28. The molecule has 2 heterocycles. The molecule has 1 amide bonds. The van der Waals surface area contributed by atoms with Crippen molar-refractivity contribution in [2.75, 3.05) is 32.4 Å². The predicted molar refractivity (Wildman–Crippen MR) is 77.6 cm³/mol. The topological polar surface area (TPSA) is 109 Å². The number of carbonyl (C=O) groups excluding carboxylic acids is 1. The number of pyridine rings is 1. The molecule has 1 aliphatic rings. The number of nitrogens with one attached hydrogen (secondary N) is 1. The first kappa shape index (κ1) is 15.8. The van der Waals surface area contributed by atoms with Crippen LogP contribution >= 0.6 is 0 Å². The fourth-order valence-electron chi connectivity index (χ4n) is 2.18. The molecule has 116 valence electrons. The first-order valence-electron chi connectivity index (χ1n) is 6.53. The zero-order chi connectivity index (χ0) is 15.5. The van der Waals surface area contributed by atoms with Crippen molar-refractivity contribution in [1.82, 2.24) is 19.6 Å². The van der Waals surface area contributed by atoms with Gasteiger partial charge in [-0.1, -0.05) is 0 Å². The lowest BCUT2D eigenvalue weighted by atomic mass is 10.2. The molecule has 1 saturated heterocycles. The van der Waals surface area contributed by atoms with Crippen molar-refractivity contribution < 1.29 is 13.2 Å². The summed E-state index contributed by atoms with van der Waals surface area (Å²) >= 11 is 0. The van der Waals surface area contributed by atoms with Gasteiger partial charge in [-0.2, -0.15) is 4.31 Å². The molecular formula is C12H19N5O3S. The number of amides is 1. The van der Waals surface area contributed by atoms with E-state index in [9.17, 15) is 13.2 Å². The van der Waals surface area contributed by atoms with Crippen molar-refractivity contribution >= 4 is 15.9 Å². The Labute approximate surface area is 124 Å². The molecule has 0 spiro atoms. The van der Waals surface area contributed by atoms with E-state index in [1.807, 2.05) is 5.43 Å². The Kier molecular flexibility index (Phi) is 4.88. The smallest absolute Gasteiger partial charge is 0.266 e. The first-order chi connectivity index (χ1) is 9.90. The van der Waals surface area contributed by atoms with Crippen LogP contribution in [0, 0.1) is 0 Å². The second-order valence-electron chi connectivity index (χ2n) is 4.95. The van der Waals surface area contributed by atoms with Crippen LogP contribution in [-0.4, -0.2) is 60.9 Å². The maximum atomic E-state index is 11.4. The normalized spacial score (nSPS) is 17.6. The molecule has 1 aromatic rings. The lowest BCUT2D eigenvalue weighted by Gasteiger charge is -2.32. The Bertz CT molecular complexity index is 594. The van der Waals surface area contributed by atoms with Crippen LogP contribution in [0.15, 0.2) is 18.3 Å². The Morgan fingerprint density at radius 3 is 2.48 bits per heavy atom. The number of carbonyl (C=O) groups is 1. The highest BCUT2D eigenvalue weighted by atomic mass is 32.2. The number of nitrogen functional groups attached to an aromatic ring is 1. The quantitative estimate of drug-likeness (QED) is 0.409. The number of hydrogen-bond acceptors (Lipinski definition) is 6. The van der Waals surface area contributed by atoms with Crippen molar-refractivity contribution in [3.8, 4) is 0 Å². The van der Waals surface area contributed by atoms with Crippen molar-refractivity contribution in [1.29, 1.82) is 0 Å². The highest BCUT2D eigenvalue weighted by Crippen LogP contribution is 2.09. The molecule has 0 aromatic carbocycles. The SMILES string of the molecule is CS(=O)(=O)N1CCN(Cc2ccc(C(=O)NN)cn2)CC1. The molecule has 0 unspecified atom stereocenters. The number of nitrogens with two attached hydrogens (primary N) is 1. The van der Waals surface area contributed by atoms with Crippen LogP contribution in [0.5, 0.6) is 0 Å². The van der Waals surface area contributed by atoms with E-state index in [4.69, 9.17) is 5.84 Å². The number of rotatable bonds is 4. The summed E-state index contributed by atoms with van der Waals surface area (Å²) in [6, 6.07) is 3.44. The summed E-state index contributed by atoms with van der Waals surface area (Å²) in [7, 11) is -3.11. The molecule has 21 heavy (non-hydrogen) atoms. The van der Waals surface area contributed by atoms with Crippen molar-refractivity contribution in [3.63, 3.8) is 0 Å². The van der Waals surface area contributed by atoms with Crippen LogP contribution in [0.4, 0.5) is 0 Å². The van der Waals surface area contributed by atoms with E-state index in [0.717, 1.165) is 5.69 Å². The van der Waals surface area contributed by atoms with Crippen molar-refractivity contribution in [2.24, 2.45) is 5.84 Å². The molecule has 2 rings (SSSR count). The summed E-state index contributed by atoms with van der Waals surface area (Å²) in [5.74, 6) is 4.67. The van der Waals surface area contributed by atoms with Gasteiger partial charge in [0.1, 0.15) is 0 Å². The lowest BCUT2D eigenvalue weighted by molar-refractivity contribution is 0.0953. The van der Waals surface area contributed by atoms with Gasteiger partial charge in [-0.05, 0) is 12.1 Å². The summed E-state index contributed by atoms with van der Waals surface area (Å²) < 4.78 is 24.3. The monoisotopic (exact) mass is 313 g/mol. The van der Waals surface area contributed by atoms with E-state index >= 15 is 0 Å². The third kappa shape index (κ3) is 4.21. The van der Waals surface area contributed by atoms with Crippen LogP contribution in [0.3, 0.4) is 0 Å². The van der Waals surface area contributed by atoms with Gasteiger partial charge in [0.25, 0.3) is 5.91 Å². The summed E-state index contributed by atoms with van der Waals surface area (Å²) in [5, 5.41) is 0. The number of hydrogen-bond donors (Lipinski definition) is 2. The Balaban J connectivity index is 1.90. The summed E-state index contributed by atoms with van der Waals surface area (Å²) in [4.78, 5) is 17.6. The molecule has 8 nitrogen and oxygen atoms in total. The molecule has 1 aromatic heterocycles. The van der Waals surface area contributed by atoms with Gasteiger partial charge in [-0.15, -0.1) is 0 Å². The fraction of sp³-hybridized carbons (Fsp3) is 0.500. The van der Waals surface area contributed by atoms with Crippen LogP contribution in [0.1, 0.15) is 16.1 Å². The molecular weight excluding hydrogens is 294 g/mol. The molecule has 0 atom stereocenters. The van der Waals surface area contributed by atoms with Crippen LogP contribution in [0.25, 0.3) is 0 Å². The average molecular weight is 313 g/mol. The van der Waals surface area contributed by atoms with E-state index in [2.05, 4.69) is 9.88 Å². The van der Waals surface area contributed by atoms with Gasteiger partial charge in [0.2, 0.25) is 10.0 Å². The van der Waals surface area contributed by atoms with Crippen molar-refractivity contribution in [2.45, 2.75) is 6.54 Å². The second-order valence-corrected chi connectivity index (χ2v) is 6.93. The van der Waals surface area contributed by atoms with Gasteiger partial charge in [0.15, 0.2) is 0 Å². The maximum absolute atomic E-state index is 11.4. The Morgan fingerprint density at radius 1 is 1.33 bits per heavy atom. The van der Waals surface area contributed by atoms with Gasteiger partial charge in [0.05, 0.1) is 17.5 Å². The molecule has 0 saturated carbocycles. The maximum Gasteiger partial charge on any atom is 0.266 e. The van der Waals surface area contributed by atoms with E-state index in [1.165, 1.54) is 16.8 Å². The highest BCUT2D eigenvalue weighted by Gasteiger charge is 2.23. The number of piperazine rings is 1. The molecule has 0 bridgehead atoms. The lowest BCUT2D eigenvalue weighted by Crippen LogP contribution is -2.47. The van der Waals surface area contributed by atoms with Crippen LogP contribution in [-0.2, 0) is 16.6 Å². The average Bonchev–Trinajstić information content (AvgIpc) is 2.47. The zero-order valence-corrected chi connectivity index (χ0v) is 12.6. The number of sulfonamides is 1. The third-order valence-electron chi connectivity index (χ3n) is 3.40. The molecule has 0 aliphatic carbocycles. The molecule has 1 fully saturated rings. The largest absolute Gasteiger partial charge is 0.295 e. The van der Waals surface area contributed by atoms with Gasteiger partial charge >= 0.3 is 0 Å². The Morgan fingerprint density at radius 2 is 2.00 bits per heavy atom. The van der Waals surface area contributed by atoms with Crippen molar-refractivity contribution in [3.05, 3.63) is 29.6 Å². The fourth-order valence-corrected chi connectivity index (χ4v) is 3.01. The predicted octanol–water partition coefficient (Wildman–Crippen LogP) is -1.24. The summed E-state index contributed by atoms with van der Waals surface area (Å²) in [6.45, 7) is 2.95. The summed E-state index contributed by atoms with van der Waals surface area (Å²) in [6.07, 6.45) is 2.70. The van der Waals surface area contributed by atoms with E-state index in [0.29, 0.717) is 38.3 Å². The van der Waals surface area contributed by atoms with E-state index in [-0.39, 0.29) is 5.91 Å². The minimum Gasteiger partial charge on any atom is -0.295 e. The number of hydrazine groups is 1. The van der Waals surface area contributed by atoms with Crippen LogP contribution < -0.4 is 11.3 Å². The minimum atomic E-state index is -3.11. The second kappa shape index (κ2) is 6.48. The Hall–Kier alpha value is -1.55. The van der Waals surface area contributed by atoms with E-state index < -0.39 is 10.0 Å². The van der Waals surface area contributed by atoms with E-state index in [1.54, 1.807) is 12.1 Å². The zero-order valence-electron chi connectivity index (χ0n) is 11.8. The molecule has 9 heteroatoms. The molecule has 3 N–H and O–H groups in total.